The Morgan fingerprint density at radius 1 is 1.08 bits per heavy atom. The first-order valence-corrected chi connectivity index (χ1v) is 12.1. The van der Waals surface area contributed by atoms with Crippen molar-refractivity contribution in [2.75, 3.05) is 55.9 Å². The Labute approximate surface area is 215 Å². The van der Waals surface area contributed by atoms with Crippen LogP contribution in [0.15, 0.2) is 73.6 Å². The third-order valence-corrected chi connectivity index (χ3v) is 6.41. The van der Waals surface area contributed by atoms with Crippen LogP contribution in [0.5, 0.6) is 5.75 Å². The minimum atomic E-state index is -0.266. The van der Waals surface area contributed by atoms with Crippen LogP contribution in [-0.4, -0.2) is 66.1 Å². The summed E-state index contributed by atoms with van der Waals surface area (Å²) >= 11 is 0. The van der Waals surface area contributed by atoms with Gasteiger partial charge in [-0.2, -0.15) is 0 Å². The molecule has 9 nitrogen and oxygen atoms in total. The fourth-order valence-electron chi connectivity index (χ4n) is 4.36. The maximum absolute atomic E-state index is 11.8. The monoisotopic (exact) mass is 495 g/mol. The molecule has 0 radical (unpaired) electrons. The lowest BCUT2D eigenvalue weighted by Gasteiger charge is -2.34. The van der Waals surface area contributed by atoms with E-state index in [9.17, 15) is 4.79 Å². The van der Waals surface area contributed by atoms with Crippen LogP contribution in [0, 0.1) is 0 Å². The number of carbonyl (C=O) groups is 1. The summed E-state index contributed by atoms with van der Waals surface area (Å²) in [4.78, 5) is 30.1. The molecule has 1 aliphatic rings. The van der Waals surface area contributed by atoms with Gasteiger partial charge in [0.15, 0.2) is 0 Å². The first-order chi connectivity index (χ1) is 18.0. The maximum Gasteiger partial charge on any atom is 0.247 e. The molecule has 5 rings (SSSR count). The van der Waals surface area contributed by atoms with Crippen molar-refractivity contribution in [2.45, 2.75) is 0 Å². The smallest absolute Gasteiger partial charge is 0.247 e. The fourth-order valence-corrected chi connectivity index (χ4v) is 4.36. The number of nitrogens with one attached hydrogen (secondary N) is 2. The number of aromatic nitrogens is 3. The summed E-state index contributed by atoms with van der Waals surface area (Å²) in [6.07, 6.45) is 4.66. The molecular weight excluding hydrogens is 466 g/mol. The van der Waals surface area contributed by atoms with Crippen molar-refractivity contribution in [2.24, 2.45) is 0 Å². The molecule has 9 heteroatoms. The number of carbonyl (C=O) groups excluding carboxylic acids is 1. The van der Waals surface area contributed by atoms with Gasteiger partial charge in [-0.3, -0.25) is 9.78 Å². The predicted octanol–water partition coefficient (Wildman–Crippen LogP) is 4.32. The first-order valence-electron chi connectivity index (χ1n) is 12.1. The molecule has 2 aromatic heterocycles. The number of likely N-dealkylation sites (N-methyl/N-ethyl adjacent to an activating group) is 1. The van der Waals surface area contributed by atoms with Crippen LogP contribution in [0.2, 0.25) is 0 Å². The van der Waals surface area contributed by atoms with E-state index in [1.165, 1.54) is 6.08 Å². The van der Waals surface area contributed by atoms with Crippen LogP contribution in [0.25, 0.3) is 22.2 Å². The van der Waals surface area contributed by atoms with Gasteiger partial charge in [-0.1, -0.05) is 18.7 Å². The highest BCUT2D eigenvalue weighted by molar-refractivity contribution is 6.00. The number of nitrogens with zero attached hydrogens (tertiary/aromatic N) is 5. The zero-order chi connectivity index (χ0) is 25.8. The highest BCUT2D eigenvalue weighted by Crippen LogP contribution is 2.33. The largest absolute Gasteiger partial charge is 0.494 e. The molecule has 2 aromatic carbocycles. The minimum Gasteiger partial charge on any atom is -0.494 e. The number of ether oxygens (including phenoxy) is 1. The van der Waals surface area contributed by atoms with Gasteiger partial charge < -0.3 is 25.2 Å². The van der Waals surface area contributed by atoms with Gasteiger partial charge in [-0.05, 0) is 49.0 Å². The van der Waals surface area contributed by atoms with Gasteiger partial charge in [0.2, 0.25) is 11.9 Å². The third-order valence-electron chi connectivity index (χ3n) is 6.41. The SMILES string of the molecule is C=CC(=O)Nc1cccc(-c2ccnc3cnc(Nc4ccc(N5CCN(C)CC5)cc4OC)nc23)c1. The second kappa shape index (κ2) is 10.6. The fraction of sp³-hybridized carbons (Fsp3) is 0.214. The summed E-state index contributed by atoms with van der Waals surface area (Å²) in [5, 5.41) is 6.11. The Morgan fingerprint density at radius 2 is 1.92 bits per heavy atom. The molecule has 188 valence electrons. The van der Waals surface area contributed by atoms with Gasteiger partial charge >= 0.3 is 0 Å². The van der Waals surface area contributed by atoms with Crippen molar-refractivity contribution >= 4 is 40.0 Å². The number of piperazine rings is 1. The van der Waals surface area contributed by atoms with E-state index in [0.29, 0.717) is 22.7 Å². The number of fused-ring (bicyclic) bond motifs is 1. The van der Waals surface area contributed by atoms with Gasteiger partial charge in [-0.15, -0.1) is 0 Å². The number of rotatable bonds is 7. The minimum absolute atomic E-state index is 0.266. The number of amides is 1. The molecule has 0 bridgehead atoms. The second-order valence-electron chi connectivity index (χ2n) is 8.86. The maximum atomic E-state index is 11.8. The van der Waals surface area contributed by atoms with Crippen LogP contribution in [0.1, 0.15) is 0 Å². The van der Waals surface area contributed by atoms with E-state index in [1.807, 2.05) is 42.5 Å². The van der Waals surface area contributed by atoms with Crippen LogP contribution < -0.4 is 20.3 Å². The highest BCUT2D eigenvalue weighted by Gasteiger charge is 2.17. The van der Waals surface area contributed by atoms with Crippen molar-refractivity contribution in [3.63, 3.8) is 0 Å². The van der Waals surface area contributed by atoms with E-state index in [-0.39, 0.29) is 5.91 Å². The van der Waals surface area contributed by atoms with E-state index in [0.717, 1.165) is 54.4 Å². The average molecular weight is 496 g/mol. The van der Waals surface area contributed by atoms with Crippen LogP contribution in [-0.2, 0) is 4.79 Å². The Kier molecular flexibility index (Phi) is 6.96. The van der Waals surface area contributed by atoms with Gasteiger partial charge in [0, 0.05) is 55.4 Å². The Morgan fingerprint density at radius 3 is 2.70 bits per heavy atom. The van der Waals surface area contributed by atoms with Crippen LogP contribution in [0.4, 0.5) is 23.0 Å². The van der Waals surface area contributed by atoms with Crippen molar-refractivity contribution in [3.8, 4) is 16.9 Å². The molecule has 2 N–H and O–H groups in total. The number of hydrogen-bond acceptors (Lipinski definition) is 8. The summed E-state index contributed by atoms with van der Waals surface area (Å²) < 4.78 is 5.70. The predicted molar refractivity (Wildman–Crippen MR) is 148 cm³/mol. The molecular formula is C28H29N7O2. The standard InChI is InChI=1S/C28H29N7O2/c1-4-26(36)31-20-7-5-6-19(16-20)22-10-11-29-24-18-30-28(33-27(22)24)32-23-9-8-21(17-25(23)37-3)35-14-12-34(2)13-15-35/h4-11,16-18H,1,12-15H2,2-3H3,(H,31,36)(H,30,32,33). The summed E-state index contributed by atoms with van der Waals surface area (Å²) in [6.45, 7) is 7.54. The molecule has 0 unspecified atom stereocenters. The molecule has 1 fully saturated rings. The number of pyridine rings is 1. The van der Waals surface area contributed by atoms with Crippen molar-refractivity contribution in [3.05, 3.63) is 73.6 Å². The molecule has 1 amide bonds. The molecule has 0 aliphatic carbocycles. The molecule has 1 aliphatic heterocycles. The molecule has 0 atom stereocenters. The van der Waals surface area contributed by atoms with Gasteiger partial charge in [-0.25, -0.2) is 9.97 Å². The number of methoxy groups -OCH3 is 1. The third kappa shape index (κ3) is 5.36. The van der Waals surface area contributed by atoms with Crippen LogP contribution in [0.3, 0.4) is 0 Å². The summed E-state index contributed by atoms with van der Waals surface area (Å²) in [5.74, 6) is 0.888. The van der Waals surface area contributed by atoms with Crippen molar-refractivity contribution < 1.29 is 9.53 Å². The Balaban J connectivity index is 1.44. The van der Waals surface area contributed by atoms with Gasteiger partial charge in [0.1, 0.15) is 16.8 Å². The number of benzene rings is 2. The van der Waals surface area contributed by atoms with E-state index in [2.05, 4.69) is 50.1 Å². The van der Waals surface area contributed by atoms with E-state index in [4.69, 9.17) is 9.72 Å². The first kappa shape index (κ1) is 24.2. The molecule has 1 saturated heterocycles. The summed E-state index contributed by atoms with van der Waals surface area (Å²) in [6, 6.07) is 15.6. The van der Waals surface area contributed by atoms with Crippen molar-refractivity contribution in [1.82, 2.24) is 19.9 Å². The molecule has 0 saturated carbocycles. The van der Waals surface area contributed by atoms with E-state index >= 15 is 0 Å². The zero-order valence-corrected chi connectivity index (χ0v) is 20.9. The van der Waals surface area contributed by atoms with Gasteiger partial charge in [0.25, 0.3) is 0 Å². The van der Waals surface area contributed by atoms with E-state index in [1.54, 1.807) is 19.5 Å². The second-order valence-corrected chi connectivity index (χ2v) is 8.86. The van der Waals surface area contributed by atoms with E-state index < -0.39 is 0 Å². The Bertz CT molecular complexity index is 1450. The highest BCUT2D eigenvalue weighted by atomic mass is 16.5. The molecule has 37 heavy (non-hydrogen) atoms. The molecule has 4 aromatic rings. The topological polar surface area (TPSA) is 95.5 Å². The average Bonchev–Trinajstić information content (AvgIpc) is 2.93. The van der Waals surface area contributed by atoms with Crippen molar-refractivity contribution in [1.29, 1.82) is 0 Å². The number of anilines is 4. The molecule has 0 spiro atoms. The Hall–Kier alpha value is -4.50. The summed E-state index contributed by atoms with van der Waals surface area (Å²) in [7, 11) is 3.81. The lowest BCUT2D eigenvalue weighted by atomic mass is 10.0. The quantitative estimate of drug-likeness (QED) is 0.366. The lowest BCUT2D eigenvalue weighted by molar-refractivity contribution is -0.111. The summed E-state index contributed by atoms with van der Waals surface area (Å²) in [5.41, 5.74) is 5.71. The lowest BCUT2D eigenvalue weighted by Crippen LogP contribution is -2.44. The molecule has 3 heterocycles. The zero-order valence-electron chi connectivity index (χ0n) is 20.9. The van der Waals surface area contributed by atoms with Crippen LogP contribution >= 0.6 is 0 Å². The number of hydrogen-bond donors (Lipinski definition) is 2. The normalized spacial score (nSPS) is 13.8. The van der Waals surface area contributed by atoms with Gasteiger partial charge in [0.05, 0.1) is 19.0 Å².